The molecule has 5 nitrogen and oxygen atoms in total. The van der Waals surface area contributed by atoms with Crippen molar-refractivity contribution in [3.63, 3.8) is 0 Å². The molecule has 0 bridgehead atoms. The van der Waals surface area contributed by atoms with Gasteiger partial charge in [0.1, 0.15) is 0 Å². The van der Waals surface area contributed by atoms with Crippen molar-refractivity contribution in [3.8, 4) is 0 Å². The Morgan fingerprint density at radius 3 is 2.38 bits per heavy atom. The van der Waals surface area contributed by atoms with Gasteiger partial charge in [-0.25, -0.2) is 4.79 Å². The van der Waals surface area contributed by atoms with Crippen molar-refractivity contribution in [2.24, 2.45) is 5.41 Å². The second-order valence-corrected chi connectivity index (χ2v) is 8.87. The molecule has 1 aliphatic rings. The lowest BCUT2D eigenvalue weighted by Crippen LogP contribution is -2.50. The molecule has 0 unspecified atom stereocenters. The fraction of sp³-hybridized carbons (Fsp3) is 0.417. The molecule has 0 saturated carbocycles. The highest BCUT2D eigenvalue weighted by Gasteiger charge is 2.32. The number of carbonyl (C=O) groups excluding carboxylic acids is 2. The number of anilines is 2. The summed E-state index contributed by atoms with van der Waals surface area (Å²) in [5, 5.41) is 3.01. The second kappa shape index (κ2) is 8.68. The molecule has 1 atom stereocenters. The SMILES string of the molecule is C[C@@H](c1ccccc1)N1CCCN(c2ccccc2NC(=O)CC(C)(C)C)C1=O. The van der Waals surface area contributed by atoms with Crippen molar-refractivity contribution >= 4 is 23.3 Å². The summed E-state index contributed by atoms with van der Waals surface area (Å²) in [5.41, 5.74) is 2.46. The topological polar surface area (TPSA) is 52.6 Å². The zero-order chi connectivity index (χ0) is 21.0. The number of nitrogens with zero attached hydrogens (tertiary/aromatic N) is 2. The predicted molar refractivity (Wildman–Crippen MR) is 118 cm³/mol. The van der Waals surface area contributed by atoms with Crippen LogP contribution < -0.4 is 10.2 Å². The van der Waals surface area contributed by atoms with Gasteiger partial charge >= 0.3 is 6.03 Å². The molecule has 1 fully saturated rings. The van der Waals surface area contributed by atoms with Crippen molar-refractivity contribution in [2.75, 3.05) is 23.3 Å². The Morgan fingerprint density at radius 1 is 1.03 bits per heavy atom. The van der Waals surface area contributed by atoms with Gasteiger partial charge in [0.2, 0.25) is 5.91 Å². The first kappa shape index (κ1) is 20.9. The van der Waals surface area contributed by atoms with Gasteiger partial charge in [0.25, 0.3) is 0 Å². The first-order chi connectivity index (χ1) is 13.8. The monoisotopic (exact) mass is 393 g/mol. The summed E-state index contributed by atoms with van der Waals surface area (Å²) in [7, 11) is 0. The number of hydrogen-bond donors (Lipinski definition) is 1. The number of benzene rings is 2. The summed E-state index contributed by atoms with van der Waals surface area (Å²) in [4.78, 5) is 29.5. The molecule has 1 N–H and O–H groups in total. The van der Waals surface area contributed by atoms with Crippen molar-refractivity contribution < 1.29 is 9.59 Å². The van der Waals surface area contributed by atoms with Crippen LogP contribution in [0.3, 0.4) is 0 Å². The number of urea groups is 1. The molecule has 1 aliphatic heterocycles. The number of rotatable bonds is 5. The molecule has 5 heteroatoms. The fourth-order valence-corrected chi connectivity index (χ4v) is 3.73. The highest BCUT2D eigenvalue weighted by molar-refractivity contribution is 6.01. The van der Waals surface area contributed by atoms with Gasteiger partial charge in [-0.2, -0.15) is 0 Å². The van der Waals surface area contributed by atoms with Crippen LogP contribution in [0.1, 0.15) is 52.1 Å². The predicted octanol–water partition coefficient (Wildman–Crippen LogP) is 5.45. The molecule has 3 rings (SSSR count). The number of nitrogens with one attached hydrogen (secondary N) is 1. The van der Waals surface area contributed by atoms with E-state index < -0.39 is 0 Å². The van der Waals surface area contributed by atoms with E-state index >= 15 is 0 Å². The van der Waals surface area contributed by atoms with E-state index in [-0.39, 0.29) is 23.4 Å². The number of carbonyl (C=O) groups is 2. The van der Waals surface area contributed by atoms with E-state index in [9.17, 15) is 9.59 Å². The second-order valence-electron chi connectivity index (χ2n) is 8.87. The summed E-state index contributed by atoms with van der Waals surface area (Å²) >= 11 is 0. The van der Waals surface area contributed by atoms with Gasteiger partial charge in [0, 0.05) is 19.5 Å². The maximum absolute atomic E-state index is 13.3. The summed E-state index contributed by atoms with van der Waals surface area (Å²) in [5.74, 6) is -0.0380. The standard InChI is InChI=1S/C24H31N3O2/c1-18(19-11-6-5-7-12-19)26-15-10-16-27(23(26)29)21-14-9-8-13-20(21)25-22(28)17-24(2,3)4/h5-9,11-14,18H,10,15-17H2,1-4H3,(H,25,28)/t18-/m0/s1. The van der Waals surface area contributed by atoms with Crippen LogP contribution >= 0.6 is 0 Å². The Bertz CT molecular complexity index is 858. The van der Waals surface area contributed by atoms with Crippen LogP contribution in [-0.2, 0) is 4.79 Å². The van der Waals surface area contributed by atoms with Crippen LogP contribution in [0.15, 0.2) is 54.6 Å². The van der Waals surface area contributed by atoms with E-state index in [1.54, 1.807) is 4.90 Å². The highest BCUT2D eigenvalue weighted by atomic mass is 16.2. The Labute approximate surface area is 173 Å². The molecule has 0 aliphatic carbocycles. The summed E-state index contributed by atoms with van der Waals surface area (Å²) in [6.45, 7) is 9.54. The zero-order valence-electron chi connectivity index (χ0n) is 17.8. The number of para-hydroxylation sites is 2. The quantitative estimate of drug-likeness (QED) is 0.734. The molecular weight excluding hydrogens is 362 g/mol. The molecule has 0 spiro atoms. The molecule has 1 heterocycles. The minimum Gasteiger partial charge on any atom is -0.324 e. The lowest BCUT2D eigenvalue weighted by atomic mass is 9.92. The first-order valence-electron chi connectivity index (χ1n) is 10.3. The third-order valence-corrected chi connectivity index (χ3v) is 5.17. The molecule has 154 valence electrons. The van der Waals surface area contributed by atoms with Gasteiger partial charge in [-0.3, -0.25) is 9.69 Å². The normalized spacial score (nSPS) is 15.9. The van der Waals surface area contributed by atoms with Gasteiger partial charge in [0.15, 0.2) is 0 Å². The average molecular weight is 394 g/mol. The van der Waals surface area contributed by atoms with Crippen LogP contribution in [0.5, 0.6) is 0 Å². The van der Waals surface area contributed by atoms with E-state index in [4.69, 9.17) is 0 Å². The lowest BCUT2D eigenvalue weighted by molar-refractivity contribution is -0.117. The minimum atomic E-state index is -0.0954. The molecule has 2 aromatic rings. The van der Waals surface area contributed by atoms with Crippen LogP contribution in [-0.4, -0.2) is 29.9 Å². The van der Waals surface area contributed by atoms with Crippen LogP contribution in [0.25, 0.3) is 0 Å². The van der Waals surface area contributed by atoms with Crippen LogP contribution in [0, 0.1) is 5.41 Å². The Morgan fingerprint density at radius 2 is 1.69 bits per heavy atom. The van der Waals surface area contributed by atoms with Gasteiger partial charge in [-0.15, -0.1) is 0 Å². The van der Waals surface area contributed by atoms with Crippen molar-refractivity contribution in [1.29, 1.82) is 0 Å². The number of amides is 3. The molecule has 0 aromatic heterocycles. The summed E-state index contributed by atoms with van der Waals surface area (Å²) < 4.78 is 0. The van der Waals surface area contributed by atoms with E-state index in [2.05, 4.69) is 24.4 Å². The molecule has 29 heavy (non-hydrogen) atoms. The maximum atomic E-state index is 13.3. The van der Waals surface area contributed by atoms with E-state index in [0.29, 0.717) is 18.7 Å². The smallest absolute Gasteiger partial charge is 0.324 e. The Kier molecular flexibility index (Phi) is 6.26. The molecule has 3 amide bonds. The molecular formula is C24H31N3O2. The zero-order valence-corrected chi connectivity index (χ0v) is 17.8. The summed E-state index contributed by atoms with van der Waals surface area (Å²) in [6, 6.07) is 17.6. The lowest BCUT2D eigenvalue weighted by Gasteiger charge is -2.39. The fourth-order valence-electron chi connectivity index (χ4n) is 3.73. The molecule has 2 aromatic carbocycles. The Hall–Kier alpha value is -2.82. The van der Waals surface area contributed by atoms with Gasteiger partial charge in [0.05, 0.1) is 17.4 Å². The molecule has 0 radical (unpaired) electrons. The van der Waals surface area contributed by atoms with Crippen molar-refractivity contribution in [2.45, 2.75) is 46.6 Å². The van der Waals surface area contributed by atoms with Gasteiger partial charge < -0.3 is 10.2 Å². The van der Waals surface area contributed by atoms with Crippen molar-refractivity contribution in [1.82, 2.24) is 4.90 Å². The third kappa shape index (κ3) is 5.17. The van der Waals surface area contributed by atoms with Crippen molar-refractivity contribution in [3.05, 3.63) is 60.2 Å². The van der Waals surface area contributed by atoms with E-state index in [1.807, 2.05) is 68.1 Å². The first-order valence-corrected chi connectivity index (χ1v) is 10.3. The highest BCUT2D eigenvalue weighted by Crippen LogP contribution is 2.32. The Balaban J connectivity index is 1.81. The molecule has 1 saturated heterocycles. The maximum Gasteiger partial charge on any atom is 0.325 e. The van der Waals surface area contributed by atoms with Gasteiger partial charge in [-0.05, 0) is 36.5 Å². The van der Waals surface area contributed by atoms with Crippen LogP contribution in [0.4, 0.5) is 16.2 Å². The number of hydrogen-bond acceptors (Lipinski definition) is 2. The minimum absolute atomic E-state index is 0.00542. The third-order valence-electron chi connectivity index (χ3n) is 5.17. The van der Waals surface area contributed by atoms with Crippen LogP contribution in [0.2, 0.25) is 0 Å². The summed E-state index contributed by atoms with van der Waals surface area (Å²) in [6.07, 6.45) is 1.31. The van der Waals surface area contributed by atoms with Gasteiger partial charge in [-0.1, -0.05) is 63.2 Å². The van der Waals surface area contributed by atoms with E-state index in [1.165, 1.54) is 0 Å². The largest absolute Gasteiger partial charge is 0.325 e. The van der Waals surface area contributed by atoms with E-state index in [0.717, 1.165) is 24.2 Å². The average Bonchev–Trinajstić information content (AvgIpc) is 2.67.